The molecular formula is C27H39NO2. The Bertz CT molecular complexity index is 750. The summed E-state index contributed by atoms with van der Waals surface area (Å²) < 4.78 is 5.63. The SMILES string of the molecule is C=CCCCCCCCCCOC(=O)[C@H](CCCC)Nc1cccc2ccccc12. The molecule has 2 aromatic carbocycles. The van der Waals surface area contributed by atoms with Gasteiger partial charge < -0.3 is 10.1 Å². The van der Waals surface area contributed by atoms with Crippen molar-refractivity contribution in [2.45, 2.75) is 83.6 Å². The molecule has 3 heteroatoms. The lowest BCUT2D eigenvalue weighted by Crippen LogP contribution is -2.31. The van der Waals surface area contributed by atoms with E-state index in [1.54, 1.807) is 0 Å². The average Bonchev–Trinajstić information content (AvgIpc) is 2.77. The van der Waals surface area contributed by atoms with E-state index in [1.165, 1.54) is 37.5 Å². The summed E-state index contributed by atoms with van der Waals surface area (Å²) in [4.78, 5) is 12.7. The first kappa shape index (κ1) is 24.0. The molecule has 164 valence electrons. The maximum atomic E-state index is 12.7. The minimum atomic E-state index is -0.291. The number of anilines is 1. The number of nitrogens with one attached hydrogen (secondary N) is 1. The van der Waals surface area contributed by atoms with Gasteiger partial charge in [-0.1, -0.05) is 94.3 Å². The lowest BCUT2D eigenvalue weighted by atomic mass is 10.1. The average molecular weight is 410 g/mol. The van der Waals surface area contributed by atoms with Crippen LogP contribution in [0.15, 0.2) is 55.1 Å². The number of benzene rings is 2. The van der Waals surface area contributed by atoms with E-state index in [0.29, 0.717) is 6.61 Å². The largest absolute Gasteiger partial charge is 0.464 e. The molecule has 0 bridgehead atoms. The highest BCUT2D eigenvalue weighted by atomic mass is 16.5. The van der Waals surface area contributed by atoms with Crippen molar-refractivity contribution < 1.29 is 9.53 Å². The zero-order chi connectivity index (χ0) is 21.4. The molecule has 0 aliphatic rings. The van der Waals surface area contributed by atoms with Gasteiger partial charge >= 0.3 is 5.97 Å². The highest BCUT2D eigenvalue weighted by Gasteiger charge is 2.20. The maximum Gasteiger partial charge on any atom is 0.328 e. The molecule has 0 amide bonds. The molecule has 0 fully saturated rings. The van der Waals surface area contributed by atoms with Crippen molar-refractivity contribution in [2.75, 3.05) is 11.9 Å². The third-order valence-electron chi connectivity index (χ3n) is 5.55. The monoisotopic (exact) mass is 409 g/mol. The molecule has 0 aliphatic carbocycles. The van der Waals surface area contributed by atoms with Crippen LogP contribution in [-0.2, 0) is 9.53 Å². The Kier molecular flexibility index (Phi) is 11.7. The van der Waals surface area contributed by atoms with Crippen LogP contribution in [0.1, 0.15) is 77.6 Å². The van der Waals surface area contributed by atoms with E-state index in [2.05, 4.69) is 37.0 Å². The van der Waals surface area contributed by atoms with Crippen LogP contribution in [0.3, 0.4) is 0 Å². The first-order valence-corrected chi connectivity index (χ1v) is 11.8. The molecule has 0 spiro atoms. The lowest BCUT2D eigenvalue weighted by molar-refractivity contribution is -0.144. The summed E-state index contributed by atoms with van der Waals surface area (Å²) in [7, 11) is 0. The summed E-state index contributed by atoms with van der Waals surface area (Å²) in [6.45, 7) is 6.44. The number of carbonyl (C=O) groups is 1. The predicted octanol–water partition coefficient (Wildman–Crippen LogP) is 7.66. The van der Waals surface area contributed by atoms with E-state index < -0.39 is 0 Å². The van der Waals surface area contributed by atoms with E-state index in [4.69, 9.17) is 4.74 Å². The van der Waals surface area contributed by atoms with E-state index in [9.17, 15) is 4.79 Å². The van der Waals surface area contributed by atoms with Crippen molar-refractivity contribution in [1.29, 1.82) is 0 Å². The van der Waals surface area contributed by atoms with E-state index in [1.807, 2.05) is 30.3 Å². The molecule has 1 atom stereocenters. The van der Waals surface area contributed by atoms with Gasteiger partial charge in [-0.2, -0.15) is 0 Å². The molecule has 0 aromatic heterocycles. The first-order chi connectivity index (χ1) is 14.8. The number of carbonyl (C=O) groups excluding carboxylic acids is 1. The number of allylic oxidation sites excluding steroid dienone is 1. The van der Waals surface area contributed by atoms with Crippen LogP contribution in [-0.4, -0.2) is 18.6 Å². The Hall–Kier alpha value is -2.29. The summed E-state index contributed by atoms with van der Waals surface area (Å²) in [6, 6.07) is 14.1. The van der Waals surface area contributed by atoms with Crippen LogP contribution in [0.5, 0.6) is 0 Å². The van der Waals surface area contributed by atoms with Gasteiger partial charge in [-0.15, -0.1) is 6.58 Å². The minimum Gasteiger partial charge on any atom is -0.464 e. The van der Waals surface area contributed by atoms with Gasteiger partial charge in [-0.25, -0.2) is 4.79 Å². The number of esters is 1. The van der Waals surface area contributed by atoms with E-state index in [-0.39, 0.29) is 12.0 Å². The van der Waals surface area contributed by atoms with E-state index in [0.717, 1.165) is 49.6 Å². The highest BCUT2D eigenvalue weighted by molar-refractivity contribution is 5.95. The fourth-order valence-electron chi connectivity index (χ4n) is 3.74. The molecule has 2 rings (SSSR count). The first-order valence-electron chi connectivity index (χ1n) is 11.8. The predicted molar refractivity (Wildman–Crippen MR) is 129 cm³/mol. The van der Waals surface area contributed by atoms with Crippen LogP contribution < -0.4 is 5.32 Å². The smallest absolute Gasteiger partial charge is 0.328 e. The fourth-order valence-corrected chi connectivity index (χ4v) is 3.74. The second kappa shape index (κ2) is 14.7. The van der Waals surface area contributed by atoms with Gasteiger partial charge in [0.25, 0.3) is 0 Å². The molecule has 1 N–H and O–H groups in total. The summed E-state index contributed by atoms with van der Waals surface area (Å²) in [5, 5.41) is 5.78. The van der Waals surface area contributed by atoms with E-state index >= 15 is 0 Å². The number of hydrogen-bond donors (Lipinski definition) is 1. The summed E-state index contributed by atoms with van der Waals surface area (Å²) in [5.41, 5.74) is 1.00. The quantitative estimate of drug-likeness (QED) is 0.176. The standard InChI is InChI=1S/C27H39NO2/c1-3-5-7-8-9-10-11-12-15-22-30-27(29)26(20-6-4-2)28-25-21-16-18-23-17-13-14-19-24(23)25/h3,13-14,16-19,21,26,28H,1,4-12,15,20,22H2,2H3/t26-/m0/s1. The van der Waals surface area contributed by atoms with Crippen molar-refractivity contribution in [3.05, 3.63) is 55.1 Å². The fraction of sp³-hybridized carbons (Fsp3) is 0.519. The maximum absolute atomic E-state index is 12.7. The van der Waals surface area contributed by atoms with Gasteiger partial charge in [0.1, 0.15) is 6.04 Å². The van der Waals surface area contributed by atoms with Gasteiger partial charge in [0.05, 0.1) is 6.61 Å². The molecule has 30 heavy (non-hydrogen) atoms. The van der Waals surface area contributed by atoms with Crippen LogP contribution in [0, 0.1) is 0 Å². The normalized spacial score (nSPS) is 11.9. The highest BCUT2D eigenvalue weighted by Crippen LogP contribution is 2.24. The van der Waals surface area contributed by atoms with Crippen LogP contribution >= 0.6 is 0 Å². The minimum absolute atomic E-state index is 0.124. The third-order valence-corrected chi connectivity index (χ3v) is 5.55. The number of rotatable bonds is 16. The molecule has 3 nitrogen and oxygen atoms in total. The number of unbranched alkanes of at least 4 members (excludes halogenated alkanes) is 8. The molecule has 2 aromatic rings. The van der Waals surface area contributed by atoms with Gasteiger partial charge in [0.2, 0.25) is 0 Å². The van der Waals surface area contributed by atoms with Crippen LogP contribution in [0.2, 0.25) is 0 Å². The van der Waals surface area contributed by atoms with Crippen molar-refractivity contribution in [1.82, 2.24) is 0 Å². The van der Waals surface area contributed by atoms with Gasteiger partial charge in [0, 0.05) is 11.1 Å². The molecule has 0 unspecified atom stereocenters. The van der Waals surface area contributed by atoms with Gasteiger partial charge in [-0.05, 0) is 37.1 Å². The zero-order valence-electron chi connectivity index (χ0n) is 18.7. The lowest BCUT2D eigenvalue weighted by Gasteiger charge is -2.20. The molecule has 0 radical (unpaired) electrons. The Balaban J connectivity index is 1.76. The summed E-state index contributed by atoms with van der Waals surface area (Å²) in [6.07, 6.45) is 14.4. The Morgan fingerprint density at radius 3 is 2.43 bits per heavy atom. The van der Waals surface area contributed by atoms with Crippen molar-refractivity contribution in [2.24, 2.45) is 0 Å². The second-order valence-electron chi connectivity index (χ2n) is 8.09. The number of hydrogen-bond acceptors (Lipinski definition) is 3. The zero-order valence-corrected chi connectivity index (χ0v) is 18.7. The van der Waals surface area contributed by atoms with Crippen LogP contribution in [0.4, 0.5) is 5.69 Å². The molecule has 0 saturated carbocycles. The van der Waals surface area contributed by atoms with Crippen molar-refractivity contribution >= 4 is 22.4 Å². The van der Waals surface area contributed by atoms with Gasteiger partial charge in [0.15, 0.2) is 0 Å². The Labute approximate surface area is 182 Å². The topological polar surface area (TPSA) is 38.3 Å². The van der Waals surface area contributed by atoms with Crippen molar-refractivity contribution in [3.63, 3.8) is 0 Å². The molecule has 0 aliphatic heterocycles. The second-order valence-corrected chi connectivity index (χ2v) is 8.09. The van der Waals surface area contributed by atoms with Crippen LogP contribution in [0.25, 0.3) is 10.8 Å². The molecular weight excluding hydrogens is 370 g/mol. The Morgan fingerprint density at radius 1 is 0.967 bits per heavy atom. The molecule has 0 heterocycles. The number of fused-ring (bicyclic) bond motifs is 1. The molecule has 0 saturated heterocycles. The van der Waals surface area contributed by atoms with Gasteiger partial charge in [-0.3, -0.25) is 0 Å². The summed E-state index contributed by atoms with van der Waals surface area (Å²) >= 11 is 0. The third kappa shape index (κ3) is 8.61. The summed E-state index contributed by atoms with van der Waals surface area (Å²) in [5.74, 6) is -0.124. The van der Waals surface area contributed by atoms with Crippen molar-refractivity contribution in [3.8, 4) is 0 Å². The number of ether oxygens (including phenoxy) is 1. The Morgan fingerprint density at radius 2 is 1.67 bits per heavy atom.